The molecule has 2 rings (SSSR count). The highest BCUT2D eigenvalue weighted by Crippen LogP contribution is 2.68. The van der Waals surface area contributed by atoms with Crippen LogP contribution < -0.4 is 0 Å². The Morgan fingerprint density at radius 3 is 2.56 bits per heavy atom. The van der Waals surface area contributed by atoms with Gasteiger partial charge in [-0.25, -0.2) is 0 Å². The van der Waals surface area contributed by atoms with E-state index in [4.69, 9.17) is 0 Å². The number of rotatable bonds is 4. The van der Waals surface area contributed by atoms with E-state index >= 15 is 0 Å². The van der Waals surface area contributed by atoms with Crippen molar-refractivity contribution in [2.75, 3.05) is 0 Å². The Balaban J connectivity index is 1.85. The normalized spacial score (nSPS) is 36.4. The molecule has 0 unspecified atom stereocenters. The number of fused-ring (bicyclic) bond motifs is 2. The van der Waals surface area contributed by atoms with Crippen molar-refractivity contribution in [1.82, 2.24) is 0 Å². The van der Waals surface area contributed by atoms with Gasteiger partial charge < -0.3 is 0 Å². The zero-order valence-electron chi connectivity index (χ0n) is 12.5. The lowest BCUT2D eigenvalue weighted by Crippen LogP contribution is -2.33. The van der Waals surface area contributed by atoms with Gasteiger partial charge in [0.15, 0.2) is 0 Å². The van der Waals surface area contributed by atoms with Gasteiger partial charge in [0.05, 0.1) is 0 Å². The lowest BCUT2D eigenvalue weighted by atomic mass is 9.71. The molecule has 1 heteroatoms. The number of hydrogen-bond acceptors (Lipinski definition) is 1. The van der Waals surface area contributed by atoms with E-state index in [1.54, 1.807) is 0 Å². The molecule has 0 aliphatic heterocycles. The summed E-state index contributed by atoms with van der Waals surface area (Å²) in [4.78, 5) is 0. The summed E-state index contributed by atoms with van der Waals surface area (Å²) in [6.07, 6.45) is 9.26. The molecule has 0 aromatic rings. The monoisotopic (exact) mass is 264 g/mol. The molecule has 18 heavy (non-hydrogen) atoms. The highest BCUT2D eigenvalue weighted by atomic mass is 32.2. The van der Waals surface area contributed by atoms with Crippen molar-refractivity contribution < 1.29 is 0 Å². The second-order valence-electron chi connectivity index (χ2n) is 6.95. The van der Waals surface area contributed by atoms with Gasteiger partial charge in [-0.2, -0.15) is 0 Å². The lowest BCUT2D eigenvalue weighted by Gasteiger charge is -2.38. The Morgan fingerprint density at radius 1 is 1.22 bits per heavy atom. The van der Waals surface area contributed by atoms with E-state index in [9.17, 15) is 0 Å². The third kappa shape index (κ3) is 2.34. The minimum atomic E-state index is 0.528. The molecule has 2 aliphatic rings. The number of unbranched alkanes of at least 4 members (excludes halogenated alkanes) is 3. The molecule has 2 aliphatic carbocycles. The summed E-state index contributed by atoms with van der Waals surface area (Å²) in [5, 5.41) is 4.18. The molecule has 0 N–H and O–H groups in total. The van der Waals surface area contributed by atoms with Crippen molar-refractivity contribution in [2.45, 2.75) is 77.9 Å². The van der Waals surface area contributed by atoms with Crippen LogP contribution in [0.3, 0.4) is 0 Å². The zero-order chi connectivity index (χ0) is 13.2. The highest BCUT2D eigenvalue weighted by Gasteiger charge is 2.61. The van der Waals surface area contributed by atoms with E-state index in [1.165, 1.54) is 38.5 Å². The first-order chi connectivity index (χ1) is 8.52. The average Bonchev–Trinajstić information content (AvgIpc) is 2.66. The molecule has 0 heterocycles. The summed E-state index contributed by atoms with van der Waals surface area (Å²) in [7, 11) is 0. The van der Waals surface area contributed by atoms with E-state index in [0.29, 0.717) is 10.8 Å². The third-order valence-corrected chi connectivity index (χ3v) is 7.15. The minimum absolute atomic E-state index is 0.528. The lowest BCUT2D eigenvalue weighted by molar-refractivity contribution is 0.157. The molecule has 0 radical (unpaired) electrons. The van der Waals surface area contributed by atoms with Gasteiger partial charge in [0.25, 0.3) is 0 Å². The molecule has 0 amide bonds. The first kappa shape index (κ1) is 14.3. The van der Waals surface area contributed by atoms with Crippen molar-refractivity contribution in [3.8, 4) is 11.2 Å². The Morgan fingerprint density at radius 2 is 2.00 bits per heavy atom. The largest absolute Gasteiger partial charge is 0.0913 e. The molecule has 2 saturated carbocycles. The Labute approximate surface area is 118 Å². The standard InChI is InChI=1S/C17H28S/c1-5-6-7-8-9-12-18-15-13-14-10-11-17(15,4)16(14,2)3/h14-15H,5-8,10-11,13H2,1-4H3/t14-,15-,17+/m0/s1. The summed E-state index contributed by atoms with van der Waals surface area (Å²) in [5.74, 6) is 4.31. The fourth-order valence-corrected chi connectivity index (χ4v) is 5.27. The summed E-state index contributed by atoms with van der Waals surface area (Å²) < 4.78 is 0. The zero-order valence-corrected chi connectivity index (χ0v) is 13.3. The maximum absolute atomic E-state index is 3.40. The van der Waals surface area contributed by atoms with Gasteiger partial charge in [0.1, 0.15) is 0 Å². The van der Waals surface area contributed by atoms with Crippen LogP contribution in [0.2, 0.25) is 0 Å². The topological polar surface area (TPSA) is 0 Å². The molecule has 0 saturated heterocycles. The predicted molar refractivity (Wildman–Crippen MR) is 82.5 cm³/mol. The number of hydrogen-bond donors (Lipinski definition) is 0. The van der Waals surface area contributed by atoms with Crippen molar-refractivity contribution in [1.29, 1.82) is 0 Å². The second-order valence-corrected chi connectivity index (χ2v) is 7.96. The van der Waals surface area contributed by atoms with E-state index in [-0.39, 0.29) is 0 Å². The SMILES string of the molecule is CCCCCC#CS[C@H]1C[C@@H]2CC[C@@]1(C)C2(C)C. The first-order valence-corrected chi connectivity index (χ1v) is 8.54. The Hall–Kier alpha value is -0.0900. The maximum atomic E-state index is 3.40. The molecular formula is C17H28S. The van der Waals surface area contributed by atoms with Crippen LogP contribution >= 0.6 is 11.8 Å². The number of thioether (sulfide) groups is 1. The summed E-state index contributed by atoms with van der Waals surface area (Å²) in [6, 6.07) is 0. The Kier molecular flexibility index (Phi) is 4.37. The van der Waals surface area contributed by atoms with Crippen LogP contribution in [0.1, 0.15) is 72.6 Å². The van der Waals surface area contributed by atoms with Gasteiger partial charge in [-0.3, -0.25) is 0 Å². The van der Waals surface area contributed by atoms with Crippen LogP contribution in [-0.2, 0) is 0 Å². The van der Waals surface area contributed by atoms with Gasteiger partial charge in [0, 0.05) is 11.7 Å². The highest BCUT2D eigenvalue weighted by molar-refractivity contribution is 8.04. The fourth-order valence-electron chi connectivity index (χ4n) is 3.94. The van der Waals surface area contributed by atoms with Crippen molar-refractivity contribution in [2.24, 2.45) is 16.7 Å². The molecule has 0 aromatic carbocycles. The van der Waals surface area contributed by atoms with E-state index in [0.717, 1.165) is 17.6 Å². The quantitative estimate of drug-likeness (QED) is 0.479. The van der Waals surface area contributed by atoms with Gasteiger partial charge in [-0.05, 0) is 47.7 Å². The van der Waals surface area contributed by atoms with Crippen molar-refractivity contribution >= 4 is 11.8 Å². The summed E-state index contributed by atoms with van der Waals surface area (Å²) in [5.41, 5.74) is 1.06. The Bertz CT molecular complexity index is 346. The van der Waals surface area contributed by atoms with Crippen LogP contribution in [0.4, 0.5) is 0 Å². The van der Waals surface area contributed by atoms with Crippen LogP contribution in [0, 0.1) is 27.9 Å². The van der Waals surface area contributed by atoms with E-state index < -0.39 is 0 Å². The van der Waals surface area contributed by atoms with Crippen molar-refractivity contribution in [3.63, 3.8) is 0 Å². The average molecular weight is 264 g/mol. The van der Waals surface area contributed by atoms with E-state index in [1.807, 2.05) is 11.8 Å². The maximum Gasteiger partial charge on any atom is 0.0233 e. The van der Waals surface area contributed by atoms with Gasteiger partial charge >= 0.3 is 0 Å². The molecular weight excluding hydrogens is 236 g/mol. The van der Waals surface area contributed by atoms with Gasteiger partial charge in [-0.15, -0.1) is 0 Å². The fraction of sp³-hybridized carbons (Fsp3) is 0.882. The van der Waals surface area contributed by atoms with Crippen molar-refractivity contribution in [3.05, 3.63) is 0 Å². The smallest absolute Gasteiger partial charge is 0.0233 e. The van der Waals surface area contributed by atoms with Gasteiger partial charge in [-0.1, -0.05) is 58.2 Å². The minimum Gasteiger partial charge on any atom is -0.0913 e. The molecule has 2 fully saturated rings. The molecule has 0 aromatic heterocycles. The van der Waals surface area contributed by atoms with Crippen LogP contribution in [0.5, 0.6) is 0 Å². The molecule has 2 bridgehead atoms. The van der Waals surface area contributed by atoms with E-state index in [2.05, 4.69) is 38.9 Å². The molecule has 0 spiro atoms. The first-order valence-electron chi connectivity index (χ1n) is 7.66. The molecule has 0 nitrogen and oxygen atoms in total. The summed E-state index contributed by atoms with van der Waals surface area (Å²) >= 11 is 1.95. The molecule has 3 atom stereocenters. The van der Waals surface area contributed by atoms with Crippen LogP contribution in [0.25, 0.3) is 0 Å². The summed E-state index contributed by atoms with van der Waals surface area (Å²) in [6.45, 7) is 9.73. The van der Waals surface area contributed by atoms with Crippen LogP contribution in [0.15, 0.2) is 0 Å². The van der Waals surface area contributed by atoms with Crippen LogP contribution in [-0.4, -0.2) is 5.25 Å². The second kappa shape index (κ2) is 5.49. The third-order valence-electron chi connectivity index (χ3n) is 5.89. The van der Waals surface area contributed by atoms with Gasteiger partial charge in [0.2, 0.25) is 0 Å². The predicted octanol–water partition coefficient (Wildman–Crippen LogP) is 5.48. The molecule has 102 valence electrons.